The molecule has 1 saturated heterocycles. The van der Waals surface area contributed by atoms with E-state index in [0.29, 0.717) is 5.92 Å². The van der Waals surface area contributed by atoms with Gasteiger partial charge in [0.2, 0.25) is 0 Å². The van der Waals surface area contributed by atoms with E-state index in [1.165, 1.54) is 11.1 Å². The molecule has 76 valence electrons. The van der Waals surface area contributed by atoms with Crippen LogP contribution in [0.25, 0.3) is 0 Å². The number of halogens is 1. The van der Waals surface area contributed by atoms with Gasteiger partial charge in [0, 0.05) is 0 Å². The van der Waals surface area contributed by atoms with Crippen LogP contribution in [0.5, 0.6) is 0 Å². The molecule has 14 heavy (non-hydrogen) atoms. The fraction of sp³-hybridized carbons (Fsp3) is 0.500. The number of ether oxygens (including phenoxy) is 1. The summed E-state index contributed by atoms with van der Waals surface area (Å²) in [5.41, 5.74) is 2.72. The molecule has 0 atom stereocenters. The van der Waals surface area contributed by atoms with Gasteiger partial charge in [-0.3, -0.25) is 0 Å². The topological polar surface area (TPSA) is 9.23 Å². The van der Waals surface area contributed by atoms with Gasteiger partial charge in [-0.05, 0) is 17.0 Å². The maximum Gasteiger partial charge on any atom is 0.0971 e. The molecule has 2 heteroatoms. The Morgan fingerprint density at radius 3 is 2.14 bits per heavy atom. The van der Waals surface area contributed by atoms with Crippen LogP contribution in [0.15, 0.2) is 24.3 Å². The molecule has 1 aliphatic rings. The Balaban J connectivity index is 2.21. The lowest BCUT2D eigenvalue weighted by Gasteiger charge is -2.36. The smallest absolute Gasteiger partial charge is 0.0971 e. The third-order valence-corrected chi connectivity index (χ3v) is 3.67. The third-order valence-electron chi connectivity index (χ3n) is 2.76. The fourth-order valence-electron chi connectivity index (χ4n) is 1.61. The Kier molecular flexibility index (Phi) is 2.67. The third kappa shape index (κ3) is 1.73. The van der Waals surface area contributed by atoms with Crippen molar-refractivity contribution in [3.05, 3.63) is 35.4 Å². The zero-order valence-electron chi connectivity index (χ0n) is 8.59. The van der Waals surface area contributed by atoms with Crippen molar-refractivity contribution in [3.63, 3.8) is 0 Å². The Bertz CT molecular complexity index is 312. The Morgan fingerprint density at radius 2 is 1.79 bits per heavy atom. The van der Waals surface area contributed by atoms with E-state index in [-0.39, 0.29) is 4.32 Å². The van der Waals surface area contributed by atoms with E-state index in [1.807, 2.05) is 0 Å². The molecule has 1 heterocycles. The highest BCUT2D eigenvalue weighted by Crippen LogP contribution is 2.38. The number of rotatable bonds is 2. The van der Waals surface area contributed by atoms with Gasteiger partial charge in [-0.25, -0.2) is 0 Å². The average molecular weight is 255 g/mol. The first-order chi connectivity index (χ1) is 6.62. The lowest BCUT2D eigenvalue weighted by atomic mass is 9.94. The summed E-state index contributed by atoms with van der Waals surface area (Å²) in [7, 11) is 0. The minimum Gasteiger partial charge on any atom is -0.378 e. The number of benzene rings is 1. The maximum absolute atomic E-state index is 5.22. The quantitative estimate of drug-likeness (QED) is 0.735. The summed E-state index contributed by atoms with van der Waals surface area (Å²) < 4.78 is 5.31. The van der Waals surface area contributed by atoms with Gasteiger partial charge in [-0.2, -0.15) is 0 Å². The van der Waals surface area contributed by atoms with Gasteiger partial charge in [-0.1, -0.05) is 54.0 Å². The predicted molar refractivity (Wildman–Crippen MR) is 62.0 cm³/mol. The number of hydrogen-bond donors (Lipinski definition) is 0. The molecular weight excluding hydrogens is 240 g/mol. The normalized spacial score (nSPS) is 19.4. The molecule has 2 rings (SSSR count). The minimum atomic E-state index is 0.0858. The molecular formula is C12H15BrO. The Hall–Kier alpha value is -0.340. The standard InChI is InChI=1S/C12H15BrO/c1-9(2)10-3-5-11(6-4-10)12(13)7-14-8-12/h3-6,9H,7-8H2,1-2H3. The molecule has 0 saturated carbocycles. The maximum atomic E-state index is 5.22. The highest BCUT2D eigenvalue weighted by atomic mass is 79.9. The van der Waals surface area contributed by atoms with Gasteiger partial charge in [0.25, 0.3) is 0 Å². The van der Waals surface area contributed by atoms with Gasteiger partial charge in [0.05, 0.1) is 17.5 Å². The van der Waals surface area contributed by atoms with Crippen molar-refractivity contribution in [2.45, 2.75) is 24.1 Å². The second-order valence-corrected chi connectivity index (χ2v) is 5.75. The highest BCUT2D eigenvalue weighted by molar-refractivity contribution is 9.09. The number of alkyl halides is 1. The largest absolute Gasteiger partial charge is 0.378 e. The van der Waals surface area contributed by atoms with E-state index in [0.717, 1.165) is 13.2 Å². The first-order valence-electron chi connectivity index (χ1n) is 4.99. The van der Waals surface area contributed by atoms with Crippen LogP contribution in [-0.2, 0) is 9.06 Å². The van der Waals surface area contributed by atoms with E-state index < -0.39 is 0 Å². The second kappa shape index (κ2) is 3.67. The molecule has 0 amide bonds. The van der Waals surface area contributed by atoms with E-state index >= 15 is 0 Å². The average Bonchev–Trinajstić information content (AvgIpc) is 2.14. The molecule has 1 aliphatic heterocycles. The summed E-state index contributed by atoms with van der Waals surface area (Å²) in [6, 6.07) is 8.82. The van der Waals surface area contributed by atoms with Crippen molar-refractivity contribution in [1.82, 2.24) is 0 Å². The fourth-order valence-corrected chi connectivity index (χ4v) is 2.20. The molecule has 0 radical (unpaired) electrons. The Morgan fingerprint density at radius 1 is 1.21 bits per heavy atom. The molecule has 1 aromatic carbocycles. The minimum absolute atomic E-state index is 0.0858. The van der Waals surface area contributed by atoms with Gasteiger partial charge in [0.15, 0.2) is 0 Å². The molecule has 0 bridgehead atoms. The predicted octanol–water partition coefficient (Wildman–Crippen LogP) is 3.43. The summed E-state index contributed by atoms with van der Waals surface area (Å²) in [4.78, 5) is 0. The van der Waals surface area contributed by atoms with E-state index in [1.54, 1.807) is 0 Å². The van der Waals surface area contributed by atoms with Crippen LogP contribution in [-0.4, -0.2) is 13.2 Å². The van der Waals surface area contributed by atoms with Crippen molar-refractivity contribution in [2.75, 3.05) is 13.2 Å². The molecule has 0 aromatic heterocycles. The van der Waals surface area contributed by atoms with Crippen molar-refractivity contribution < 1.29 is 4.74 Å². The zero-order chi connectivity index (χ0) is 10.2. The zero-order valence-corrected chi connectivity index (χ0v) is 10.2. The van der Waals surface area contributed by atoms with Gasteiger partial charge < -0.3 is 4.74 Å². The first-order valence-corrected chi connectivity index (χ1v) is 5.78. The highest BCUT2D eigenvalue weighted by Gasteiger charge is 2.37. The molecule has 0 N–H and O–H groups in total. The van der Waals surface area contributed by atoms with E-state index in [4.69, 9.17) is 4.74 Å². The van der Waals surface area contributed by atoms with E-state index in [2.05, 4.69) is 54.0 Å². The summed E-state index contributed by atoms with van der Waals surface area (Å²) in [6.45, 7) is 6.00. The van der Waals surface area contributed by atoms with Crippen molar-refractivity contribution in [2.24, 2.45) is 0 Å². The second-order valence-electron chi connectivity index (χ2n) is 4.23. The molecule has 1 aromatic rings. The van der Waals surface area contributed by atoms with Gasteiger partial charge in [-0.15, -0.1) is 0 Å². The number of hydrogen-bond acceptors (Lipinski definition) is 1. The first kappa shape index (κ1) is 10.2. The summed E-state index contributed by atoms with van der Waals surface area (Å²) in [5.74, 6) is 0.605. The van der Waals surface area contributed by atoms with Crippen LogP contribution in [0, 0.1) is 0 Å². The lowest BCUT2D eigenvalue weighted by Crippen LogP contribution is -2.40. The molecule has 0 unspecified atom stereocenters. The van der Waals surface area contributed by atoms with Crippen molar-refractivity contribution in [1.29, 1.82) is 0 Å². The molecule has 0 aliphatic carbocycles. The summed E-state index contributed by atoms with van der Waals surface area (Å²) in [5, 5.41) is 0. The van der Waals surface area contributed by atoms with Crippen LogP contribution >= 0.6 is 15.9 Å². The molecule has 1 fully saturated rings. The lowest BCUT2D eigenvalue weighted by molar-refractivity contribution is -0.00699. The monoisotopic (exact) mass is 254 g/mol. The Labute approximate surface area is 93.6 Å². The van der Waals surface area contributed by atoms with Crippen LogP contribution in [0.3, 0.4) is 0 Å². The van der Waals surface area contributed by atoms with Crippen molar-refractivity contribution >= 4 is 15.9 Å². The van der Waals surface area contributed by atoms with Crippen LogP contribution < -0.4 is 0 Å². The van der Waals surface area contributed by atoms with Crippen LogP contribution in [0.1, 0.15) is 30.9 Å². The van der Waals surface area contributed by atoms with E-state index in [9.17, 15) is 0 Å². The van der Waals surface area contributed by atoms with Gasteiger partial charge in [0.1, 0.15) is 0 Å². The SMILES string of the molecule is CC(C)c1ccc(C2(Br)COC2)cc1. The summed E-state index contributed by atoms with van der Waals surface area (Å²) >= 11 is 3.71. The summed E-state index contributed by atoms with van der Waals surface area (Å²) in [6.07, 6.45) is 0. The molecule has 0 spiro atoms. The van der Waals surface area contributed by atoms with Crippen molar-refractivity contribution in [3.8, 4) is 0 Å². The molecule has 1 nitrogen and oxygen atoms in total. The van der Waals surface area contributed by atoms with Crippen LogP contribution in [0.2, 0.25) is 0 Å². The van der Waals surface area contributed by atoms with Crippen LogP contribution in [0.4, 0.5) is 0 Å². The van der Waals surface area contributed by atoms with Gasteiger partial charge >= 0.3 is 0 Å².